The molecule has 1 aromatic heterocycles. The molecule has 0 unspecified atom stereocenters. The van der Waals surface area contributed by atoms with Gasteiger partial charge in [0.25, 0.3) is 5.91 Å². The fourth-order valence-electron chi connectivity index (χ4n) is 2.89. The Morgan fingerprint density at radius 1 is 1.23 bits per heavy atom. The van der Waals surface area contributed by atoms with Crippen molar-refractivity contribution in [3.05, 3.63) is 77.6 Å². The quantitative estimate of drug-likeness (QED) is 0.783. The number of nitrogens with zero attached hydrogens (tertiary/aromatic N) is 2. The number of fused-ring (bicyclic) bond motifs is 1. The molecule has 132 valence electrons. The fraction of sp³-hybridized carbons (Fsp3) is 0.158. The lowest BCUT2D eigenvalue weighted by molar-refractivity contribution is 0.0940. The van der Waals surface area contributed by atoms with Crippen LogP contribution in [0.2, 0.25) is 0 Å². The van der Waals surface area contributed by atoms with Crippen LogP contribution in [0.5, 0.6) is 11.5 Å². The zero-order valence-corrected chi connectivity index (χ0v) is 14.0. The van der Waals surface area contributed by atoms with Gasteiger partial charge in [-0.3, -0.25) is 4.79 Å². The predicted octanol–water partition coefficient (Wildman–Crippen LogP) is 2.81. The topological polar surface area (TPSA) is 65.4 Å². The average Bonchev–Trinajstić information content (AvgIpc) is 3.27. The molecule has 4 rings (SSSR count). The summed E-state index contributed by atoms with van der Waals surface area (Å²) in [5.74, 6) is 1.04. The molecule has 1 atom stereocenters. The smallest absolute Gasteiger partial charge is 0.252 e. The van der Waals surface area contributed by atoms with E-state index >= 15 is 0 Å². The number of imidazole rings is 1. The zero-order chi connectivity index (χ0) is 18.1. The number of rotatable bonds is 4. The van der Waals surface area contributed by atoms with E-state index in [2.05, 4.69) is 10.3 Å². The summed E-state index contributed by atoms with van der Waals surface area (Å²) >= 11 is 0. The predicted molar refractivity (Wildman–Crippen MR) is 91.5 cm³/mol. The molecule has 7 heteroatoms. The summed E-state index contributed by atoms with van der Waals surface area (Å²) in [4.78, 5) is 17.1. The van der Waals surface area contributed by atoms with Crippen molar-refractivity contribution in [3.8, 4) is 11.5 Å². The Morgan fingerprint density at radius 2 is 2.08 bits per heavy atom. The molecule has 0 radical (unpaired) electrons. The second-order valence-electron chi connectivity index (χ2n) is 5.93. The van der Waals surface area contributed by atoms with E-state index in [4.69, 9.17) is 9.47 Å². The molecule has 0 saturated carbocycles. The molecule has 0 aliphatic carbocycles. The summed E-state index contributed by atoms with van der Waals surface area (Å²) in [6.07, 6.45) is 3.41. The first-order valence-electron chi connectivity index (χ1n) is 8.05. The summed E-state index contributed by atoms with van der Waals surface area (Å²) in [6.45, 7) is 0.138. The number of ether oxygens (including phenoxy) is 2. The van der Waals surface area contributed by atoms with Crippen molar-refractivity contribution in [3.63, 3.8) is 0 Å². The lowest BCUT2D eigenvalue weighted by Crippen LogP contribution is -2.31. The molecular weight excluding hydrogens is 337 g/mol. The van der Waals surface area contributed by atoms with E-state index in [1.54, 1.807) is 47.3 Å². The van der Waals surface area contributed by atoms with Crippen LogP contribution in [0.15, 0.2) is 54.9 Å². The largest absolute Gasteiger partial charge is 0.454 e. The number of amides is 1. The van der Waals surface area contributed by atoms with E-state index in [1.165, 1.54) is 12.1 Å². The highest BCUT2D eigenvalue weighted by atomic mass is 19.1. The first-order valence-corrected chi connectivity index (χ1v) is 8.05. The highest BCUT2D eigenvalue weighted by Crippen LogP contribution is 2.32. The molecule has 1 amide bonds. The maximum Gasteiger partial charge on any atom is 0.252 e. The normalized spacial score (nSPS) is 13.5. The Bertz CT molecular complexity index is 970. The average molecular weight is 353 g/mol. The van der Waals surface area contributed by atoms with Crippen LogP contribution in [0.25, 0.3) is 0 Å². The number of halogens is 1. The Balaban J connectivity index is 1.66. The van der Waals surface area contributed by atoms with Gasteiger partial charge in [0.05, 0.1) is 0 Å². The summed E-state index contributed by atoms with van der Waals surface area (Å²) in [5, 5.41) is 2.93. The van der Waals surface area contributed by atoms with Crippen molar-refractivity contribution in [2.75, 3.05) is 6.79 Å². The maximum atomic E-state index is 13.7. The van der Waals surface area contributed by atoms with Gasteiger partial charge in [-0.05, 0) is 35.9 Å². The second kappa shape index (κ2) is 6.51. The zero-order valence-electron chi connectivity index (χ0n) is 14.0. The van der Waals surface area contributed by atoms with Crippen molar-refractivity contribution >= 4 is 5.91 Å². The van der Waals surface area contributed by atoms with Gasteiger partial charge in [0.1, 0.15) is 17.7 Å². The second-order valence-corrected chi connectivity index (χ2v) is 5.93. The number of carbonyl (C=O) groups excluding carboxylic acids is 1. The minimum absolute atomic E-state index is 0.138. The van der Waals surface area contributed by atoms with Gasteiger partial charge in [-0.15, -0.1) is 0 Å². The first-order chi connectivity index (χ1) is 12.6. The summed E-state index contributed by atoms with van der Waals surface area (Å²) in [5.41, 5.74) is 1.03. The van der Waals surface area contributed by atoms with Crippen molar-refractivity contribution in [1.82, 2.24) is 14.9 Å². The van der Waals surface area contributed by atoms with Crippen molar-refractivity contribution in [1.29, 1.82) is 0 Å². The van der Waals surface area contributed by atoms with Crippen molar-refractivity contribution < 1.29 is 18.7 Å². The van der Waals surface area contributed by atoms with Crippen LogP contribution in [0.3, 0.4) is 0 Å². The van der Waals surface area contributed by atoms with Crippen LogP contribution in [0, 0.1) is 5.82 Å². The monoisotopic (exact) mass is 353 g/mol. The third kappa shape index (κ3) is 2.99. The first kappa shape index (κ1) is 16.1. The molecule has 6 nitrogen and oxygen atoms in total. The van der Waals surface area contributed by atoms with E-state index in [-0.39, 0.29) is 18.5 Å². The van der Waals surface area contributed by atoms with Crippen LogP contribution in [0.1, 0.15) is 27.8 Å². The number of benzene rings is 2. The van der Waals surface area contributed by atoms with Crippen LogP contribution >= 0.6 is 0 Å². The summed E-state index contributed by atoms with van der Waals surface area (Å²) < 4.78 is 26.1. The van der Waals surface area contributed by atoms with E-state index in [9.17, 15) is 9.18 Å². The van der Waals surface area contributed by atoms with Gasteiger partial charge in [-0.25, -0.2) is 9.37 Å². The Kier molecular flexibility index (Phi) is 4.04. The van der Waals surface area contributed by atoms with Gasteiger partial charge in [0.2, 0.25) is 6.79 Å². The van der Waals surface area contributed by atoms with E-state index < -0.39 is 6.04 Å². The van der Waals surface area contributed by atoms with Crippen LogP contribution in [0.4, 0.5) is 4.39 Å². The Labute approximate surface area is 149 Å². The lowest BCUT2D eigenvalue weighted by atomic mass is 10.0. The van der Waals surface area contributed by atoms with Crippen LogP contribution in [-0.2, 0) is 7.05 Å². The number of hydrogen-bond donors (Lipinski definition) is 1. The molecule has 0 saturated heterocycles. The van der Waals surface area contributed by atoms with Gasteiger partial charge in [-0.2, -0.15) is 0 Å². The SMILES string of the molecule is Cn1ccnc1[C@H](NC(=O)c1ccc2c(c1)OCO2)c1cccc(F)c1. The van der Waals surface area contributed by atoms with Crippen molar-refractivity contribution in [2.24, 2.45) is 7.05 Å². The highest BCUT2D eigenvalue weighted by Gasteiger charge is 2.23. The van der Waals surface area contributed by atoms with Crippen molar-refractivity contribution in [2.45, 2.75) is 6.04 Å². The molecule has 2 heterocycles. The molecule has 0 bridgehead atoms. The molecule has 1 N–H and O–H groups in total. The molecule has 1 aliphatic heterocycles. The molecule has 26 heavy (non-hydrogen) atoms. The van der Waals surface area contributed by atoms with Crippen LogP contribution in [-0.4, -0.2) is 22.3 Å². The highest BCUT2D eigenvalue weighted by molar-refractivity contribution is 5.95. The number of aromatic nitrogens is 2. The minimum atomic E-state index is -0.594. The molecule has 3 aromatic rings. The Morgan fingerprint density at radius 3 is 2.85 bits per heavy atom. The van der Waals surface area contributed by atoms with E-state index in [1.807, 2.05) is 7.05 Å². The lowest BCUT2D eigenvalue weighted by Gasteiger charge is -2.19. The number of carbonyl (C=O) groups is 1. The Hall–Kier alpha value is -3.35. The number of nitrogens with one attached hydrogen (secondary N) is 1. The van der Waals surface area contributed by atoms with E-state index in [0.29, 0.717) is 28.5 Å². The number of hydrogen-bond acceptors (Lipinski definition) is 4. The molecule has 1 aliphatic rings. The van der Waals surface area contributed by atoms with Crippen LogP contribution < -0.4 is 14.8 Å². The van der Waals surface area contributed by atoms with E-state index in [0.717, 1.165) is 0 Å². The number of aryl methyl sites for hydroxylation is 1. The molecule has 2 aromatic carbocycles. The fourth-order valence-corrected chi connectivity index (χ4v) is 2.89. The summed E-state index contributed by atoms with van der Waals surface area (Å²) in [6, 6.07) is 10.5. The van der Waals surface area contributed by atoms with Gasteiger partial charge in [0, 0.05) is 25.0 Å². The van der Waals surface area contributed by atoms with Gasteiger partial charge >= 0.3 is 0 Å². The molecular formula is C19H16FN3O3. The third-order valence-electron chi connectivity index (χ3n) is 4.21. The maximum absolute atomic E-state index is 13.7. The van der Waals surface area contributed by atoms with Gasteiger partial charge < -0.3 is 19.4 Å². The summed E-state index contributed by atoms with van der Waals surface area (Å²) in [7, 11) is 1.82. The van der Waals surface area contributed by atoms with Gasteiger partial charge in [-0.1, -0.05) is 12.1 Å². The standard InChI is InChI=1S/C19H16FN3O3/c1-23-8-7-21-18(23)17(12-3-2-4-14(20)9-12)22-19(24)13-5-6-15-16(10-13)26-11-25-15/h2-10,17H,11H2,1H3,(H,22,24)/t17-/m1/s1. The molecule has 0 fully saturated rings. The third-order valence-corrected chi connectivity index (χ3v) is 4.21. The van der Waals surface area contributed by atoms with Gasteiger partial charge in [0.15, 0.2) is 11.5 Å². The minimum Gasteiger partial charge on any atom is -0.454 e. The molecule has 0 spiro atoms.